The quantitative estimate of drug-likeness (QED) is 0.366. The average Bonchev–Trinajstić information content (AvgIpc) is 2.39. The molecule has 17 heavy (non-hydrogen) atoms. The number of benzene rings is 1. The highest BCUT2D eigenvalue weighted by Crippen LogP contribution is 2.23. The fourth-order valence-corrected chi connectivity index (χ4v) is 1.50. The molecule has 0 bridgehead atoms. The zero-order chi connectivity index (χ0) is 12.3. The van der Waals surface area contributed by atoms with Crippen LogP contribution >= 0.6 is 0 Å². The third-order valence-corrected chi connectivity index (χ3v) is 2.40. The van der Waals surface area contributed by atoms with E-state index in [0.29, 0.717) is 11.1 Å². The van der Waals surface area contributed by atoms with Crippen LogP contribution in [0.25, 0.3) is 5.76 Å². The van der Waals surface area contributed by atoms with E-state index in [1.807, 2.05) is 18.2 Å². The van der Waals surface area contributed by atoms with Gasteiger partial charge in [-0.1, -0.05) is 48.1 Å². The molecule has 1 N–H and O–H groups in total. The van der Waals surface area contributed by atoms with Gasteiger partial charge in [-0.2, -0.15) is 12.2 Å². The van der Waals surface area contributed by atoms with Crippen LogP contribution in [0.4, 0.5) is 0 Å². The first-order chi connectivity index (χ1) is 8.18. The Morgan fingerprint density at radius 1 is 1.18 bits per heavy atom. The Morgan fingerprint density at radius 2 is 1.76 bits per heavy atom. The number of hydrogen-bond donors (Lipinski definition) is 1. The van der Waals surface area contributed by atoms with Gasteiger partial charge in [-0.05, 0) is 0 Å². The highest BCUT2D eigenvalue weighted by Gasteiger charge is 2.09. The van der Waals surface area contributed by atoms with Gasteiger partial charge in [0, 0.05) is 10.5 Å². The molecular formula is C13H10NO3-. The van der Waals surface area contributed by atoms with Crippen LogP contribution in [0.2, 0.25) is 0 Å². The smallest absolute Gasteiger partial charge is 0.163 e. The minimum atomic E-state index is -0.469. The summed E-state index contributed by atoms with van der Waals surface area (Å²) in [5, 5.41) is 20.5. The Hall–Kier alpha value is -2.49. The molecule has 1 aliphatic carbocycles. The summed E-state index contributed by atoms with van der Waals surface area (Å²) in [6.45, 7) is 0. The lowest BCUT2D eigenvalue weighted by Crippen LogP contribution is -2.06. The predicted octanol–water partition coefficient (Wildman–Crippen LogP) is 2.89. The SMILES string of the molecule is O=[N+]([O-])[C-]1C=CC(=C(O)c2ccccc2)C=C1. The van der Waals surface area contributed by atoms with E-state index in [0.717, 1.165) is 0 Å². The number of hydrogen-bond acceptors (Lipinski definition) is 3. The van der Waals surface area contributed by atoms with Gasteiger partial charge in [0.2, 0.25) is 0 Å². The van der Waals surface area contributed by atoms with Gasteiger partial charge in [-0.3, -0.25) is 10.1 Å². The fourth-order valence-electron chi connectivity index (χ4n) is 1.50. The van der Waals surface area contributed by atoms with Crippen LogP contribution in [0.5, 0.6) is 0 Å². The molecule has 2 rings (SSSR count). The molecule has 4 heteroatoms. The lowest BCUT2D eigenvalue weighted by atomic mass is 10.0. The topological polar surface area (TPSA) is 63.4 Å². The lowest BCUT2D eigenvalue weighted by Gasteiger charge is -2.14. The monoisotopic (exact) mass is 228 g/mol. The maximum Gasteiger partial charge on any atom is 0.163 e. The highest BCUT2D eigenvalue weighted by molar-refractivity contribution is 5.68. The Kier molecular flexibility index (Phi) is 2.96. The van der Waals surface area contributed by atoms with Crippen molar-refractivity contribution >= 4 is 5.76 Å². The molecule has 4 nitrogen and oxygen atoms in total. The number of allylic oxidation sites excluding steroid dienone is 3. The molecule has 0 aromatic heterocycles. The Bertz CT molecular complexity index is 499. The fraction of sp³-hybridized carbons (Fsp3) is 0. The van der Waals surface area contributed by atoms with E-state index in [-0.39, 0.29) is 11.8 Å². The van der Waals surface area contributed by atoms with Crippen molar-refractivity contribution in [3.63, 3.8) is 0 Å². The normalized spacial score (nSPS) is 13.9. The van der Waals surface area contributed by atoms with Crippen LogP contribution in [0, 0.1) is 16.2 Å². The lowest BCUT2D eigenvalue weighted by molar-refractivity contribution is -0.448. The molecule has 0 saturated carbocycles. The first kappa shape index (κ1) is 11.0. The van der Waals surface area contributed by atoms with Gasteiger partial charge in [0.05, 0.1) is 0 Å². The van der Waals surface area contributed by atoms with Crippen molar-refractivity contribution < 1.29 is 10.0 Å². The van der Waals surface area contributed by atoms with Crippen molar-refractivity contribution in [2.75, 3.05) is 0 Å². The molecule has 0 radical (unpaired) electrons. The first-order valence-corrected chi connectivity index (χ1v) is 5.04. The third kappa shape index (κ3) is 2.36. The summed E-state index contributed by atoms with van der Waals surface area (Å²) in [5.41, 5.74) is 1.24. The largest absolute Gasteiger partial charge is 0.509 e. The molecule has 0 spiro atoms. The van der Waals surface area contributed by atoms with E-state index in [4.69, 9.17) is 0 Å². The standard InChI is InChI=1S/C13H10NO3/c15-13(10-4-2-1-3-5-10)11-6-8-12(9-7-11)14(16)17/h1-9,15H/q-1. The van der Waals surface area contributed by atoms with E-state index in [9.17, 15) is 15.2 Å². The number of rotatable bonds is 2. The Balaban J connectivity index is 2.28. The summed E-state index contributed by atoms with van der Waals surface area (Å²) in [7, 11) is 0. The zero-order valence-corrected chi connectivity index (χ0v) is 8.91. The Morgan fingerprint density at radius 3 is 2.29 bits per heavy atom. The van der Waals surface area contributed by atoms with Crippen molar-refractivity contribution in [2.24, 2.45) is 0 Å². The second-order valence-electron chi connectivity index (χ2n) is 3.52. The summed E-state index contributed by atoms with van der Waals surface area (Å²) in [6.07, 6.45) is 5.80. The van der Waals surface area contributed by atoms with Crippen molar-refractivity contribution in [1.82, 2.24) is 0 Å². The zero-order valence-electron chi connectivity index (χ0n) is 8.91. The molecule has 0 saturated heterocycles. The van der Waals surface area contributed by atoms with Crippen molar-refractivity contribution in [3.05, 3.63) is 81.9 Å². The molecule has 0 heterocycles. The van der Waals surface area contributed by atoms with E-state index < -0.39 is 4.92 Å². The van der Waals surface area contributed by atoms with Crippen molar-refractivity contribution in [3.8, 4) is 0 Å². The predicted molar refractivity (Wildman–Crippen MR) is 64.5 cm³/mol. The summed E-state index contributed by atoms with van der Waals surface area (Å²) >= 11 is 0. The number of nitro groups is 1. The minimum Gasteiger partial charge on any atom is -0.509 e. The van der Waals surface area contributed by atoms with Crippen LogP contribution in [0.3, 0.4) is 0 Å². The number of nitrogens with zero attached hydrogens (tertiary/aromatic N) is 1. The molecule has 0 amide bonds. The molecule has 0 fully saturated rings. The van der Waals surface area contributed by atoms with E-state index in [2.05, 4.69) is 0 Å². The van der Waals surface area contributed by atoms with Crippen LogP contribution in [0.1, 0.15) is 5.56 Å². The van der Waals surface area contributed by atoms with Crippen LogP contribution in [-0.2, 0) is 0 Å². The van der Waals surface area contributed by atoms with Gasteiger partial charge in [0.25, 0.3) is 0 Å². The van der Waals surface area contributed by atoms with Gasteiger partial charge < -0.3 is 5.11 Å². The molecule has 1 aromatic rings. The van der Waals surface area contributed by atoms with Crippen LogP contribution < -0.4 is 0 Å². The molecule has 0 aliphatic heterocycles. The van der Waals surface area contributed by atoms with Gasteiger partial charge in [-0.15, -0.1) is 0 Å². The summed E-state index contributed by atoms with van der Waals surface area (Å²) < 4.78 is 0. The van der Waals surface area contributed by atoms with E-state index >= 15 is 0 Å². The molecular weight excluding hydrogens is 218 g/mol. The summed E-state index contributed by atoms with van der Waals surface area (Å²) in [5.74, 6) is 0.112. The Labute approximate surface area is 98.4 Å². The number of aliphatic hydroxyl groups excluding tert-OH is 1. The van der Waals surface area contributed by atoms with E-state index in [1.54, 1.807) is 12.1 Å². The second-order valence-corrected chi connectivity index (χ2v) is 3.52. The average molecular weight is 228 g/mol. The third-order valence-electron chi connectivity index (χ3n) is 2.40. The molecule has 0 unspecified atom stereocenters. The first-order valence-electron chi connectivity index (χ1n) is 5.04. The van der Waals surface area contributed by atoms with Gasteiger partial charge in [0.15, 0.2) is 6.04 Å². The van der Waals surface area contributed by atoms with Gasteiger partial charge >= 0.3 is 0 Å². The second kappa shape index (κ2) is 4.57. The molecule has 1 aromatic carbocycles. The maximum atomic E-state index is 10.5. The summed E-state index contributed by atoms with van der Waals surface area (Å²) in [6, 6.07) is 9.04. The number of aliphatic hydroxyl groups is 1. The van der Waals surface area contributed by atoms with Crippen molar-refractivity contribution in [1.29, 1.82) is 0 Å². The van der Waals surface area contributed by atoms with Gasteiger partial charge in [0.1, 0.15) is 5.76 Å². The summed E-state index contributed by atoms with van der Waals surface area (Å²) in [4.78, 5) is 10.0. The van der Waals surface area contributed by atoms with Crippen LogP contribution in [-0.4, -0.2) is 10.0 Å². The maximum absolute atomic E-state index is 10.5. The van der Waals surface area contributed by atoms with Crippen molar-refractivity contribution in [2.45, 2.75) is 0 Å². The minimum absolute atomic E-state index is 0.00890. The molecule has 1 aliphatic rings. The molecule has 86 valence electrons. The van der Waals surface area contributed by atoms with Gasteiger partial charge in [-0.25, -0.2) is 0 Å². The van der Waals surface area contributed by atoms with E-state index in [1.165, 1.54) is 24.3 Å². The molecule has 0 atom stereocenters. The van der Waals surface area contributed by atoms with Crippen LogP contribution in [0.15, 0.2) is 60.2 Å². The highest BCUT2D eigenvalue weighted by atomic mass is 16.6.